The maximum atomic E-state index is 3.38. The average Bonchev–Trinajstić information content (AvgIpc) is 1.95. The van der Waals surface area contributed by atoms with Gasteiger partial charge in [0.25, 0.3) is 0 Å². The summed E-state index contributed by atoms with van der Waals surface area (Å²) < 4.78 is 3.31. The molecule has 1 rings (SSSR count). The summed E-state index contributed by atoms with van der Waals surface area (Å²) in [5.41, 5.74) is 0. The van der Waals surface area contributed by atoms with E-state index >= 15 is 0 Å². The van der Waals surface area contributed by atoms with Crippen molar-refractivity contribution in [3.8, 4) is 0 Å². The molecule has 0 bridgehead atoms. The van der Waals surface area contributed by atoms with Gasteiger partial charge in [-0.2, -0.15) is 0 Å². The van der Waals surface area contributed by atoms with Crippen LogP contribution in [0.1, 0.15) is 13.3 Å². The van der Waals surface area contributed by atoms with Crippen LogP contribution in [0.2, 0.25) is 0 Å². The Morgan fingerprint density at radius 1 is 1.40 bits per heavy atom. The zero-order valence-corrected chi connectivity index (χ0v) is 7.63. The Hall–Kier alpha value is -0.370. The molecule has 0 saturated carbocycles. The lowest BCUT2D eigenvalue weighted by Gasteiger charge is -1.91. The highest BCUT2D eigenvalue weighted by molar-refractivity contribution is 9.10. The van der Waals surface area contributed by atoms with Gasteiger partial charge in [-0.05, 0) is 0 Å². The molecule has 0 spiro atoms. The Balaban J connectivity index is 2.69. The van der Waals surface area contributed by atoms with Crippen LogP contribution in [0.4, 0.5) is 0 Å². The first kappa shape index (κ1) is 7.73. The third-order valence-corrected chi connectivity index (χ3v) is 1.86. The summed E-state index contributed by atoms with van der Waals surface area (Å²) in [5, 5.41) is 0. The van der Waals surface area contributed by atoms with E-state index in [0.717, 1.165) is 11.0 Å². The predicted octanol–water partition coefficient (Wildman–Crippen LogP) is 2.15. The fourth-order valence-corrected chi connectivity index (χ4v) is 1.08. The minimum Gasteiger partial charge on any atom is -0.205 e. The smallest absolute Gasteiger partial charge is 0.169 e. The zero-order chi connectivity index (χ0) is 7.40. The second-order valence-electron chi connectivity index (χ2n) is 2.25. The molecule has 54 valence electrons. The number of pyridine rings is 1. The van der Waals surface area contributed by atoms with E-state index in [9.17, 15) is 0 Å². The van der Waals surface area contributed by atoms with E-state index in [1.807, 2.05) is 0 Å². The van der Waals surface area contributed by atoms with Crippen molar-refractivity contribution in [2.24, 2.45) is 0 Å². The highest BCUT2D eigenvalue weighted by Crippen LogP contribution is 2.03. The Morgan fingerprint density at radius 3 is 2.50 bits per heavy atom. The molecule has 0 amide bonds. The summed E-state index contributed by atoms with van der Waals surface area (Å²) in [6, 6.07) is 4.10. The molecule has 0 unspecified atom stereocenters. The van der Waals surface area contributed by atoms with Crippen molar-refractivity contribution in [1.82, 2.24) is 0 Å². The van der Waals surface area contributed by atoms with Crippen LogP contribution >= 0.6 is 15.9 Å². The predicted molar refractivity (Wildman–Crippen MR) is 44.6 cm³/mol. The van der Waals surface area contributed by atoms with Gasteiger partial charge in [0.1, 0.15) is 6.54 Å². The molecule has 0 fully saturated rings. The molecule has 1 nitrogen and oxygen atoms in total. The third-order valence-electron chi connectivity index (χ3n) is 1.33. The molecule has 0 atom stereocenters. The minimum absolute atomic E-state index is 1.10. The first-order valence-electron chi connectivity index (χ1n) is 3.47. The zero-order valence-electron chi connectivity index (χ0n) is 6.05. The van der Waals surface area contributed by atoms with E-state index in [4.69, 9.17) is 0 Å². The molecule has 1 aromatic rings. The van der Waals surface area contributed by atoms with Crippen LogP contribution in [-0.2, 0) is 6.54 Å². The maximum absolute atomic E-state index is 3.38. The molecule has 0 radical (unpaired) electrons. The number of aryl methyl sites for hydroxylation is 1. The van der Waals surface area contributed by atoms with Crippen LogP contribution < -0.4 is 4.57 Å². The second-order valence-corrected chi connectivity index (χ2v) is 3.17. The second kappa shape index (κ2) is 3.71. The van der Waals surface area contributed by atoms with E-state index in [0.29, 0.717) is 0 Å². The minimum atomic E-state index is 1.10. The van der Waals surface area contributed by atoms with Crippen LogP contribution in [0.3, 0.4) is 0 Å². The average molecular weight is 201 g/mol. The number of hydrogen-bond donors (Lipinski definition) is 0. The molecule has 0 aromatic carbocycles. The van der Waals surface area contributed by atoms with Crippen LogP contribution in [0.25, 0.3) is 0 Å². The molecule has 0 saturated heterocycles. The largest absolute Gasteiger partial charge is 0.205 e. The van der Waals surface area contributed by atoms with Gasteiger partial charge < -0.3 is 0 Å². The molecule has 10 heavy (non-hydrogen) atoms. The lowest BCUT2D eigenvalue weighted by atomic mass is 10.4. The Labute approximate surface area is 69.8 Å². The van der Waals surface area contributed by atoms with Crippen molar-refractivity contribution in [2.75, 3.05) is 0 Å². The van der Waals surface area contributed by atoms with Gasteiger partial charge in [-0.1, -0.05) is 22.9 Å². The van der Waals surface area contributed by atoms with Gasteiger partial charge in [0.15, 0.2) is 12.4 Å². The molecule has 0 N–H and O–H groups in total. The van der Waals surface area contributed by atoms with Gasteiger partial charge >= 0.3 is 0 Å². The van der Waals surface area contributed by atoms with E-state index < -0.39 is 0 Å². The van der Waals surface area contributed by atoms with Gasteiger partial charge in [0.2, 0.25) is 0 Å². The van der Waals surface area contributed by atoms with Crippen molar-refractivity contribution in [1.29, 1.82) is 0 Å². The normalized spacial score (nSPS) is 9.80. The number of rotatable bonds is 2. The summed E-state index contributed by atoms with van der Waals surface area (Å²) in [4.78, 5) is 0. The van der Waals surface area contributed by atoms with Crippen molar-refractivity contribution in [2.45, 2.75) is 19.9 Å². The molecule has 1 heterocycles. The van der Waals surface area contributed by atoms with Crippen LogP contribution in [0.15, 0.2) is 29.0 Å². The van der Waals surface area contributed by atoms with Gasteiger partial charge in [-0.15, -0.1) is 0 Å². The van der Waals surface area contributed by atoms with Crippen LogP contribution in [0, 0.1) is 0 Å². The summed E-state index contributed by atoms with van der Waals surface area (Å²) in [6.45, 7) is 3.28. The molecule has 0 aliphatic carbocycles. The van der Waals surface area contributed by atoms with Crippen LogP contribution in [0.5, 0.6) is 0 Å². The molecule has 2 heteroatoms. The SMILES string of the molecule is CCC[n+]1ccc(Br)cc1. The van der Waals surface area contributed by atoms with Crippen molar-refractivity contribution >= 4 is 15.9 Å². The summed E-state index contributed by atoms with van der Waals surface area (Å²) in [7, 11) is 0. The molecule has 0 aliphatic heterocycles. The summed E-state index contributed by atoms with van der Waals surface area (Å²) in [6.07, 6.45) is 5.34. The Bertz CT molecular complexity index is 193. The fraction of sp³-hybridized carbons (Fsp3) is 0.375. The van der Waals surface area contributed by atoms with E-state index in [1.165, 1.54) is 6.42 Å². The van der Waals surface area contributed by atoms with E-state index in [-0.39, 0.29) is 0 Å². The quantitative estimate of drug-likeness (QED) is 0.645. The van der Waals surface area contributed by atoms with Gasteiger partial charge in [0, 0.05) is 23.0 Å². The molecular weight excluding hydrogens is 190 g/mol. The Morgan fingerprint density at radius 2 is 2.00 bits per heavy atom. The first-order chi connectivity index (χ1) is 4.83. The molecular formula is C8H11BrN+. The highest BCUT2D eigenvalue weighted by atomic mass is 79.9. The van der Waals surface area contributed by atoms with Gasteiger partial charge in [-0.25, -0.2) is 4.57 Å². The standard InChI is InChI=1S/C8H11BrN/c1-2-5-10-6-3-8(9)4-7-10/h3-4,6-7H,2,5H2,1H3/q+1. The maximum Gasteiger partial charge on any atom is 0.169 e. The Kier molecular flexibility index (Phi) is 2.87. The lowest BCUT2D eigenvalue weighted by Crippen LogP contribution is -2.31. The van der Waals surface area contributed by atoms with E-state index in [1.54, 1.807) is 0 Å². The lowest BCUT2D eigenvalue weighted by molar-refractivity contribution is -0.697. The summed E-state index contributed by atoms with van der Waals surface area (Å²) >= 11 is 3.38. The van der Waals surface area contributed by atoms with Crippen molar-refractivity contribution in [3.63, 3.8) is 0 Å². The van der Waals surface area contributed by atoms with Crippen molar-refractivity contribution < 1.29 is 4.57 Å². The molecule has 1 aromatic heterocycles. The summed E-state index contributed by atoms with van der Waals surface area (Å²) in [5.74, 6) is 0. The highest BCUT2D eigenvalue weighted by Gasteiger charge is 1.94. The van der Waals surface area contributed by atoms with Crippen LogP contribution in [-0.4, -0.2) is 0 Å². The number of halogens is 1. The fourth-order valence-electron chi connectivity index (χ4n) is 0.846. The topological polar surface area (TPSA) is 3.88 Å². The number of hydrogen-bond acceptors (Lipinski definition) is 0. The van der Waals surface area contributed by atoms with E-state index in [2.05, 4.69) is 51.9 Å². The third kappa shape index (κ3) is 2.10. The first-order valence-corrected chi connectivity index (χ1v) is 4.27. The van der Waals surface area contributed by atoms with Gasteiger partial charge in [-0.3, -0.25) is 0 Å². The number of aromatic nitrogens is 1. The van der Waals surface area contributed by atoms with Gasteiger partial charge in [0.05, 0.1) is 0 Å². The van der Waals surface area contributed by atoms with Crippen molar-refractivity contribution in [3.05, 3.63) is 29.0 Å². The molecule has 0 aliphatic rings. The monoisotopic (exact) mass is 200 g/mol. The number of nitrogens with zero attached hydrogens (tertiary/aromatic N) is 1.